The molecule has 0 aliphatic heterocycles. The monoisotopic (exact) mass is 268 g/mol. The number of halogens is 1. The molecule has 0 radical (unpaired) electrons. The summed E-state index contributed by atoms with van der Waals surface area (Å²) in [5.74, 6) is -0.896. The van der Waals surface area contributed by atoms with Gasteiger partial charge in [-0.3, -0.25) is 4.79 Å². The number of hydrogen-bond acceptors (Lipinski definition) is 3. The van der Waals surface area contributed by atoms with Gasteiger partial charge in [0, 0.05) is 17.0 Å². The Morgan fingerprint density at radius 3 is 2.94 bits per heavy atom. The largest absolute Gasteiger partial charge is 0.399 e. The minimum Gasteiger partial charge on any atom is -0.399 e. The first kappa shape index (κ1) is 13.2. The van der Waals surface area contributed by atoms with E-state index in [2.05, 4.69) is 11.6 Å². The maximum Gasteiger partial charge on any atom is 0.254 e. The van der Waals surface area contributed by atoms with Crippen LogP contribution in [0.1, 0.15) is 29.6 Å². The smallest absolute Gasteiger partial charge is 0.254 e. The summed E-state index contributed by atoms with van der Waals surface area (Å²) in [7, 11) is 0. The standard InChI is InChI=1S/C13H17FN2OS/c1-18-10-4-3-9(7-10)16-13(17)11-6-8(15)2-5-12(11)14/h2,5-6,9-10H,3-4,7,15H2,1H3,(H,16,17). The highest BCUT2D eigenvalue weighted by atomic mass is 32.2. The van der Waals surface area contributed by atoms with Crippen molar-refractivity contribution in [3.05, 3.63) is 29.6 Å². The summed E-state index contributed by atoms with van der Waals surface area (Å²) in [5.41, 5.74) is 6.00. The molecule has 3 N–H and O–H groups in total. The zero-order valence-electron chi connectivity index (χ0n) is 10.3. The molecule has 2 unspecified atom stereocenters. The van der Waals surface area contributed by atoms with Crippen LogP contribution in [0.25, 0.3) is 0 Å². The van der Waals surface area contributed by atoms with Crippen LogP contribution in [-0.2, 0) is 0 Å². The number of nitrogens with two attached hydrogens (primary N) is 1. The topological polar surface area (TPSA) is 55.1 Å². The average molecular weight is 268 g/mol. The maximum atomic E-state index is 13.5. The molecular weight excluding hydrogens is 251 g/mol. The lowest BCUT2D eigenvalue weighted by Crippen LogP contribution is -2.33. The number of amides is 1. The molecule has 0 bridgehead atoms. The van der Waals surface area contributed by atoms with Crippen LogP contribution >= 0.6 is 11.8 Å². The second-order valence-corrected chi connectivity index (χ2v) is 5.72. The number of carbonyl (C=O) groups is 1. The summed E-state index contributed by atoms with van der Waals surface area (Å²) in [6, 6.07) is 4.21. The predicted molar refractivity (Wildman–Crippen MR) is 73.2 cm³/mol. The van der Waals surface area contributed by atoms with Crippen molar-refractivity contribution in [3.63, 3.8) is 0 Å². The van der Waals surface area contributed by atoms with Gasteiger partial charge in [0.2, 0.25) is 0 Å². The molecule has 5 heteroatoms. The summed E-state index contributed by atoms with van der Waals surface area (Å²) < 4.78 is 13.5. The Kier molecular flexibility index (Phi) is 4.11. The normalized spacial score (nSPS) is 23.0. The van der Waals surface area contributed by atoms with Crippen molar-refractivity contribution in [2.75, 3.05) is 12.0 Å². The highest BCUT2D eigenvalue weighted by Gasteiger charge is 2.26. The third-order valence-electron chi connectivity index (χ3n) is 3.29. The van der Waals surface area contributed by atoms with E-state index in [1.165, 1.54) is 18.2 Å². The minimum absolute atomic E-state index is 0.0302. The molecule has 1 amide bonds. The first-order valence-corrected chi connectivity index (χ1v) is 7.27. The van der Waals surface area contributed by atoms with Crippen LogP contribution in [0.5, 0.6) is 0 Å². The van der Waals surface area contributed by atoms with E-state index in [1.54, 1.807) is 0 Å². The zero-order chi connectivity index (χ0) is 13.1. The fourth-order valence-corrected chi connectivity index (χ4v) is 3.06. The average Bonchev–Trinajstić information content (AvgIpc) is 2.80. The van der Waals surface area contributed by atoms with Gasteiger partial charge in [0.25, 0.3) is 5.91 Å². The molecule has 2 rings (SSSR count). The number of nitrogens with one attached hydrogen (secondary N) is 1. The van der Waals surface area contributed by atoms with Gasteiger partial charge in [0.15, 0.2) is 0 Å². The van der Waals surface area contributed by atoms with E-state index in [1.807, 2.05) is 11.8 Å². The number of carbonyl (C=O) groups excluding carboxylic acids is 1. The Labute approximate surface area is 110 Å². The number of benzene rings is 1. The van der Waals surface area contributed by atoms with Crippen molar-refractivity contribution < 1.29 is 9.18 Å². The molecule has 1 saturated carbocycles. The highest BCUT2D eigenvalue weighted by Crippen LogP contribution is 2.28. The first-order valence-electron chi connectivity index (χ1n) is 5.99. The summed E-state index contributed by atoms with van der Waals surface area (Å²) in [5, 5.41) is 3.48. The molecule has 18 heavy (non-hydrogen) atoms. The number of thioether (sulfide) groups is 1. The van der Waals surface area contributed by atoms with Crippen molar-refractivity contribution in [1.82, 2.24) is 5.32 Å². The lowest BCUT2D eigenvalue weighted by atomic mass is 10.1. The third-order valence-corrected chi connectivity index (χ3v) is 4.38. The van der Waals surface area contributed by atoms with Crippen molar-refractivity contribution in [1.29, 1.82) is 0 Å². The van der Waals surface area contributed by atoms with E-state index in [4.69, 9.17) is 5.73 Å². The molecule has 0 spiro atoms. The molecule has 1 aliphatic rings. The predicted octanol–water partition coefficient (Wildman–Crippen LogP) is 2.42. The fourth-order valence-electron chi connectivity index (χ4n) is 2.27. The van der Waals surface area contributed by atoms with Gasteiger partial charge in [-0.05, 0) is 43.7 Å². The Morgan fingerprint density at radius 1 is 1.50 bits per heavy atom. The van der Waals surface area contributed by atoms with Crippen LogP contribution in [-0.4, -0.2) is 23.5 Å². The molecule has 2 atom stereocenters. The minimum atomic E-state index is -0.527. The van der Waals surface area contributed by atoms with Gasteiger partial charge < -0.3 is 11.1 Å². The first-order chi connectivity index (χ1) is 8.60. The molecule has 0 saturated heterocycles. The maximum absolute atomic E-state index is 13.5. The van der Waals surface area contributed by atoms with Crippen molar-refractivity contribution >= 4 is 23.4 Å². The lowest BCUT2D eigenvalue weighted by Gasteiger charge is -2.13. The van der Waals surface area contributed by atoms with E-state index in [0.29, 0.717) is 10.9 Å². The molecule has 1 fully saturated rings. The second-order valence-electron chi connectivity index (χ2n) is 4.58. The van der Waals surface area contributed by atoms with Crippen LogP contribution in [0.4, 0.5) is 10.1 Å². The van der Waals surface area contributed by atoms with Gasteiger partial charge in [0.05, 0.1) is 5.56 Å². The molecule has 1 aliphatic carbocycles. The fraction of sp³-hybridized carbons (Fsp3) is 0.462. The summed E-state index contributed by atoms with van der Waals surface area (Å²) >= 11 is 1.82. The third kappa shape index (κ3) is 2.96. The number of hydrogen-bond donors (Lipinski definition) is 2. The Balaban J connectivity index is 2.02. The molecule has 3 nitrogen and oxygen atoms in total. The van der Waals surface area contributed by atoms with E-state index in [-0.39, 0.29) is 17.5 Å². The van der Waals surface area contributed by atoms with Crippen molar-refractivity contribution in [2.24, 2.45) is 0 Å². The lowest BCUT2D eigenvalue weighted by molar-refractivity contribution is 0.0934. The van der Waals surface area contributed by atoms with Gasteiger partial charge in [0.1, 0.15) is 5.82 Å². The van der Waals surface area contributed by atoms with Gasteiger partial charge in [-0.25, -0.2) is 4.39 Å². The molecule has 1 aromatic carbocycles. The molecule has 1 aromatic rings. The van der Waals surface area contributed by atoms with Crippen LogP contribution < -0.4 is 11.1 Å². The van der Waals surface area contributed by atoms with Crippen LogP contribution in [0.3, 0.4) is 0 Å². The quantitative estimate of drug-likeness (QED) is 0.828. The SMILES string of the molecule is CSC1CCC(NC(=O)c2cc(N)ccc2F)C1. The van der Waals surface area contributed by atoms with E-state index >= 15 is 0 Å². The van der Waals surface area contributed by atoms with Crippen molar-refractivity contribution in [3.8, 4) is 0 Å². The molecular formula is C13H17FN2OS. The van der Waals surface area contributed by atoms with Gasteiger partial charge in [-0.1, -0.05) is 0 Å². The summed E-state index contributed by atoms with van der Waals surface area (Å²) in [6.07, 6.45) is 5.09. The Morgan fingerprint density at radius 2 is 2.28 bits per heavy atom. The highest BCUT2D eigenvalue weighted by molar-refractivity contribution is 7.99. The van der Waals surface area contributed by atoms with Gasteiger partial charge in [-0.15, -0.1) is 0 Å². The van der Waals surface area contributed by atoms with E-state index in [0.717, 1.165) is 19.3 Å². The van der Waals surface area contributed by atoms with Gasteiger partial charge in [-0.2, -0.15) is 11.8 Å². The molecule has 0 aromatic heterocycles. The summed E-state index contributed by atoms with van der Waals surface area (Å²) in [4.78, 5) is 12.0. The van der Waals surface area contributed by atoms with Crippen molar-refractivity contribution in [2.45, 2.75) is 30.6 Å². The van der Waals surface area contributed by atoms with Crippen LogP contribution in [0.2, 0.25) is 0 Å². The summed E-state index contributed by atoms with van der Waals surface area (Å²) in [6.45, 7) is 0. The van der Waals surface area contributed by atoms with E-state index < -0.39 is 5.82 Å². The number of rotatable bonds is 3. The van der Waals surface area contributed by atoms with Gasteiger partial charge >= 0.3 is 0 Å². The zero-order valence-corrected chi connectivity index (χ0v) is 11.1. The molecule has 0 heterocycles. The number of anilines is 1. The number of nitrogen functional groups attached to an aromatic ring is 1. The Bertz CT molecular complexity index is 453. The van der Waals surface area contributed by atoms with E-state index in [9.17, 15) is 9.18 Å². The van der Waals surface area contributed by atoms with Crippen LogP contribution in [0, 0.1) is 5.82 Å². The Hall–Kier alpha value is -1.23. The second kappa shape index (κ2) is 5.61. The molecule has 98 valence electrons. The van der Waals surface area contributed by atoms with Crippen LogP contribution in [0.15, 0.2) is 18.2 Å².